The van der Waals surface area contributed by atoms with Gasteiger partial charge in [0.25, 0.3) is 0 Å². The molecule has 2 heterocycles. The minimum absolute atomic E-state index is 0.0739. The highest BCUT2D eigenvalue weighted by Gasteiger charge is 2.57. The summed E-state index contributed by atoms with van der Waals surface area (Å²) in [6.07, 6.45) is 5.04. The Morgan fingerprint density at radius 1 is 0.887 bits per heavy atom. The van der Waals surface area contributed by atoms with Crippen LogP contribution in [0, 0.1) is 22.5 Å². The maximum absolute atomic E-state index is 15.4. The molecule has 3 aliphatic rings. The van der Waals surface area contributed by atoms with Gasteiger partial charge in [0.15, 0.2) is 23.1 Å². The highest BCUT2D eigenvalue weighted by Crippen LogP contribution is 2.54. The van der Waals surface area contributed by atoms with E-state index in [2.05, 4.69) is 25.8 Å². The Morgan fingerprint density at radius 2 is 1.62 bits per heavy atom. The van der Waals surface area contributed by atoms with E-state index in [4.69, 9.17) is 18.9 Å². The van der Waals surface area contributed by atoms with E-state index >= 15 is 4.39 Å². The fourth-order valence-corrected chi connectivity index (χ4v) is 6.81. The number of likely N-dealkylation sites (tertiary alicyclic amines) is 1. The molecule has 3 N–H and O–H groups in total. The first-order valence-corrected chi connectivity index (χ1v) is 17.6. The number of rotatable bonds is 15. The number of nitrogens with zero attached hydrogens (tertiary/aromatic N) is 2. The zero-order chi connectivity index (χ0) is 37.2. The third-order valence-corrected chi connectivity index (χ3v) is 10.1. The Morgan fingerprint density at radius 3 is 2.30 bits per heavy atom. The average molecular weight is 730 g/mol. The van der Waals surface area contributed by atoms with Crippen molar-refractivity contribution < 1.29 is 42.1 Å². The average Bonchev–Trinajstić information content (AvgIpc) is 4.07. The molecule has 278 valence electrons. The number of esters is 1. The van der Waals surface area contributed by atoms with Crippen molar-refractivity contribution in [3.63, 3.8) is 0 Å². The van der Waals surface area contributed by atoms with Crippen molar-refractivity contribution in [1.29, 1.82) is 0 Å². The normalized spacial score (nSPS) is 18.0. The van der Waals surface area contributed by atoms with Gasteiger partial charge in [-0.25, -0.2) is 8.78 Å². The Labute approximate surface area is 305 Å². The molecule has 1 atom stereocenters. The lowest BCUT2D eigenvalue weighted by Crippen LogP contribution is -2.35. The van der Waals surface area contributed by atoms with Crippen molar-refractivity contribution in [2.24, 2.45) is 10.8 Å². The number of hydrogen-bond donors (Lipinski definition) is 3. The first kappa shape index (κ1) is 36.0. The van der Waals surface area contributed by atoms with Crippen LogP contribution >= 0.6 is 0 Å². The minimum atomic E-state index is -1.29. The van der Waals surface area contributed by atoms with E-state index < -0.39 is 28.9 Å². The summed E-state index contributed by atoms with van der Waals surface area (Å²) in [6.45, 7) is 3.07. The summed E-state index contributed by atoms with van der Waals surface area (Å²) in [4.78, 5) is 44.9. The number of fused-ring (bicyclic) bond motifs is 1. The largest absolute Gasteiger partial charge is 0.493 e. The fraction of sp³-hybridized carbons (Fsp3) is 0.385. The zero-order valence-electron chi connectivity index (χ0n) is 29.5. The number of methoxy groups -OCH3 is 1. The van der Waals surface area contributed by atoms with E-state index in [9.17, 15) is 18.8 Å². The number of aromatic nitrogens is 1. The topological polar surface area (TPSA) is 140 Å². The summed E-state index contributed by atoms with van der Waals surface area (Å²) in [6, 6.07) is 14.3. The molecule has 14 heteroatoms. The predicted octanol–water partition coefficient (Wildman–Crippen LogP) is 5.67. The van der Waals surface area contributed by atoms with Crippen LogP contribution in [0.3, 0.4) is 0 Å². The smallest absolute Gasteiger partial charge is 0.320 e. The van der Waals surface area contributed by atoms with Crippen LogP contribution in [0.25, 0.3) is 10.9 Å². The summed E-state index contributed by atoms with van der Waals surface area (Å²) >= 11 is 0. The number of nitrogens with one attached hydrogen (secondary N) is 3. The van der Waals surface area contributed by atoms with Crippen molar-refractivity contribution in [1.82, 2.24) is 15.2 Å². The van der Waals surface area contributed by atoms with E-state index in [1.807, 2.05) is 0 Å². The second-order valence-electron chi connectivity index (χ2n) is 13.9. The Bertz CT molecular complexity index is 2020. The van der Waals surface area contributed by atoms with Crippen LogP contribution < -0.4 is 30.2 Å². The van der Waals surface area contributed by atoms with E-state index in [1.165, 1.54) is 43.5 Å². The van der Waals surface area contributed by atoms with Crippen LogP contribution in [0.1, 0.15) is 32.1 Å². The second-order valence-corrected chi connectivity index (χ2v) is 13.9. The van der Waals surface area contributed by atoms with Crippen molar-refractivity contribution in [3.8, 4) is 23.0 Å². The summed E-state index contributed by atoms with van der Waals surface area (Å²) in [5.74, 6) is -1.25. The maximum atomic E-state index is 15.4. The summed E-state index contributed by atoms with van der Waals surface area (Å²) in [5, 5.41) is 8.71. The van der Waals surface area contributed by atoms with Gasteiger partial charge >= 0.3 is 5.97 Å². The Balaban J connectivity index is 0.953. The molecule has 1 saturated heterocycles. The number of halogens is 2. The molecule has 7 rings (SSSR count). The third kappa shape index (κ3) is 7.88. The summed E-state index contributed by atoms with van der Waals surface area (Å²) in [7, 11) is 3.26. The number of ether oxygens (including phenoxy) is 4. The van der Waals surface area contributed by atoms with Crippen LogP contribution in [0.2, 0.25) is 0 Å². The summed E-state index contributed by atoms with van der Waals surface area (Å²) in [5.41, 5.74) is -0.121. The molecular weight excluding hydrogens is 688 g/mol. The van der Waals surface area contributed by atoms with E-state index in [-0.39, 0.29) is 35.5 Å². The van der Waals surface area contributed by atoms with Crippen LogP contribution in [0.5, 0.6) is 23.0 Å². The van der Waals surface area contributed by atoms with Gasteiger partial charge < -0.3 is 34.9 Å². The molecule has 3 aromatic carbocycles. The number of benzene rings is 3. The Hall–Kier alpha value is -5.34. The quantitative estimate of drug-likeness (QED) is 0.0797. The van der Waals surface area contributed by atoms with Gasteiger partial charge in [0.2, 0.25) is 11.8 Å². The molecule has 1 aromatic heterocycles. The number of amides is 2. The molecule has 1 aliphatic heterocycles. The van der Waals surface area contributed by atoms with Gasteiger partial charge in [0, 0.05) is 60.1 Å². The SMILES string of the molecule is CNCC(=O)OC1CN(CCCOc2cc3nccc(Oc4ccc(NC(=O)C5(C(=O)Nc6ccc(F)cc6)CC5)cc4F)c3cc2OC)CC12CC2. The van der Waals surface area contributed by atoms with Gasteiger partial charge in [-0.15, -0.1) is 0 Å². The van der Waals surface area contributed by atoms with Gasteiger partial charge in [0.1, 0.15) is 23.1 Å². The first-order chi connectivity index (χ1) is 25.6. The highest BCUT2D eigenvalue weighted by atomic mass is 19.1. The number of carbonyl (C=O) groups excluding carboxylic acids is 3. The predicted molar refractivity (Wildman–Crippen MR) is 192 cm³/mol. The van der Waals surface area contributed by atoms with Crippen molar-refractivity contribution in [2.75, 3.05) is 57.6 Å². The van der Waals surface area contributed by atoms with Crippen LogP contribution in [-0.2, 0) is 19.1 Å². The first-order valence-electron chi connectivity index (χ1n) is 17.6. The molecule has 1 unspecified atom stereocenters. The lowest BCUT2D eigenvalue weighted by atomic mass is 10.0. The highest BCUT2D eigenvalue weighted by molar-refractivity contribution is 6.16. The maximum Gasteiger partial charge on any atom is 0.320 e. The standard InChI is InChI=1S/C39H41F2N5O7/c1-42-21-35(47)53-34-22-46(23-38(34)11-12-38)16-3-17-51-33-20-29-27(19-32(33)50-2)30(10-15-43-29)52-31-9-8-26(18-28(31)41)45-37(49)39(13-14-39)36(48)44-25-6-4-24(40)5-7-25/h4-10,15,18-20,34,42H,3,11-14,16-17,21-23H2,1-2H3,(H,44,48)(H,45,49). The van der Waals surface area contributed by atoms with E-state index in [0.29, 0.717) is 53.3 Å². The fourth-order valence-electron chi connectivity index (χ4n) is 6.81. The lowest BCUT2D eigenvalue weighted by Gasteiger charge is -2.18. The van der Waals surface area contributed by atoms with Gasteiger partial charge in [-0.2, -0.15) is 0 Å². The van der Waals surface area contributed by atoms with Gasteiger partial charge in [-0.1, -0.05) is 0 Å². The molecule has 1 spiro atoms. The molecule has 0 bridgehead atoms. The van der Waals surface area contributed by atoms with Crippen LogP contribution in [0.4, 0.5) is 20.2 Å². The number of pyridine rings is 1. The van der Waals surface area contributed by atoms with Gasteiger partial charge in [-0.3, -0.25) is 24.3 Å². The zero-order valence-corrected chi connectivity index (χ0v) is 29.5. The lowest BCUT2D eigenvalue weighted by molar-refractivity contribution is -0.149. The second kappa shape index (κ2) is 15.0. The summed E-state index contributed by atoms with van der Waals surface area (Å²) < 4.78 is 52.1. The minimum Gasteiger partial charge on any atom is -0.493 e. The third-order valence-electron chi connectivity index (χ3n) is 10.1. The Kier molecular flexibility index (Phi) is 10.2. The molecule has 2 amide bonds. The molecule has 53 heavy (non-hydrogen) atoms. The number of likely N-dealkylation sites (N-methyl/N-ethyl adjacent to an activating group) is 1. The molecule has 12 nitrogen and oxygen atoms in total. The van der Waals surface area contributed by atoms with Crippen molar-refractivity contribution in [3.05, 3.63) is 78.5 Å². The van der Waals surface area contributed by atoms with Gasteiger partial charge in [-0.05, 0) is 87.7 Å². The number of carbonyl (C=O) groups is 3. The van der Waals surface area contributed by atoms with Crippen molar-refractivity contribution >= 4 is 40.1 Å². The van der Waals surface area contributed by atoms with Gasteiger partial charge in [0.05, 0.1) is 25.8 Å². The molecule has 0 radical (unpaired) electrons. The molecular formula is C39H41F2N5O7. The van der Waals surface area contributed by atoms with Crippen molar-refractivity contribution in [2.45, 2.75) is 38.2 Å². The monoisotopic (exact) mass is 729 g/mol. The number of anilines is 2. The molecule has 2 saturated carbocycles. The van der Waals surface area contributed by atoms with Crippen LogP contribution in [-0.4, -0.2) is 80.7 Å². The van der Waals surface area contributed by atoms with Crippen LogP contribution in [0.15, 0.2) is 66.9 Å². The van der Waals surface area contributed by atoms with E-state index in [1.54, 1.807) is 31.4 Å². The number of hydrogen-bond acceptors (Lipinski definition) is 10. The molecule has 2 aliphatic carbocycles. The molecule has 3 fully saturated rings. The van der Waals surface area contributed by atoms with E-state index in [0.717, 1.165) is 45.0 Å². The molecule has 4 aromatic rings.